The molecule has 6 heteroatoms. The summed E-state index contributed by atoms with van der Waals surface area (Å²) in [5, 5.41) is 0. The van der Waals surface area contributed by atoms with E-state index in [9.17, 15) is 18.0 Å². The van der Waals surface area contributed by atoms with Gasteiger partial charge in [-0.25, -0.2) is 8.42 Å². The summed E-state index contributed by atoms with van der Waals surface area (Å²) in [6, 6.07) is 4.60. The molecule has 1 aliphatic carbocycles. The number of hydrogen-bond acceptors (Lipinski definition) is 4. The minimum absolute atomic E-state index is 0.0349. The average molecular weight is 239 g/mol. The Morgan fingerprint density at radius 2 is 1.94 bits per heavy atom. The Morgan fingerprint density at radius 1 is 1.25 bits per heavy atom. The van der Waals surface area contributed by atoms with Crippen molar-refractivity contribution < 1.29 is 18.0 Å². The Kier molecular flexibility index (Phi) is 2.31. The van der Waals surface area contributed by atoms with Gasteiger partial charge in [-0.15, -0.1) is 0 Å². The van der Waals surface area contributed by atoms with Gasteiger partial charge < -0.3 is 0 Å². The summed E-state index contributed by atoms with van der Waals surface area (Å²) in [5.74, 6) is -1.05. The number of anilines is 1. The zero-order valence-electron chi connectivity index (χ0n) is 8.48. The lowest BCUT2D eigenvalue weighted by atomic mass is 10.1. The van der Waals surface area contributed by atoms with E-state index in [1.807, 2.05) is 0 Å². The second-order valence-electron chi connectivity index (χ2n) is 3.63. The molecule has 0 amide bonds. The van der Waals surface area contributed by atoms with Gasteiger partial charge in [-0.3, -0.25) is 14.3 Å². The highest BCUT2D eigenvalue weighted by molar-refractivity contribution is 7.92. The molecular formula is C10H9NO4S. The van der Waals surface area contributed by atoms with Crippen molar-refractivity contribution in [2.45, 2.75) is 6.42 Å². The monoisotopic (exact) mass is 239 g/mol. The van der Waals surface area contributed by atoms with Crippen molar-refractivity contribution in [3.8, 4) is 0 Å². The van der Waals surface area contributed by atoms with E-state index in [-0.39, 0.29) is 6.42 Å². The maximum Gasteiger partial charge on any atom is 0.229 e. The molecule has 84 valence electrons. The molecule has 0 saturated carbocycles. The van der Waals surface area contributed by atoms with E-state index in [1.54, 1.807) is 6.07 Å². The highest BCUT2D eigenvalue weighted by Crippen LogP contribution is 2.27. The van der Waals surface area contributed by atoms with Gasteiger partial charge in [0.25, 0.3) is 0 Å². The van der Waals surface area contributed by atoms with E-state index in [2.05, 4.69) is 4.72 Å². The van der Waals surface area contributed by atoms with E-state index in [0.29, 0.717) is 16.8 Å². The van der Waals surface area contributed by atoms with Crippen molar-refractivity contribution in [2.24, 2.45) is 0 Å². The molecule has 0 fully saturated rings. The van der Waals surface area contributed by atoms with Crippen LogP contribution in [-0.4, -0.2) is 26.2 Å². The van der Waals surface area contributed by atoms with Gasteiger partial charge in [0.15, 0.2) is 0 Å². The van der Waals surface area contributed by atoms with Crippen molar-refractivity contribution >= 4 is 27.3 Å². The third-order valence-electron chi connectivity index (χ3n) is 2.31. The van der Waals surface area contributed by atoms with Gasteiger partial charge in [0.2, 0.25) is 21.6 Å². The van der Waals surface area contributed by atoms with Gasteiger partial charge in [-0.1, -0.05) is 12.1 Å². The number of benzene rings is 1. The van der Waals surface area contributed by atoms with E-state index in [0.717, 1.165) is 6.26 Å². The first-order valence-electron chi connectivity index (χ1n) is 4.56. The van der Waals surface area contributed by atoms with E-state index in [4.69, 9.17) is 0 Å². The zero-order valence-corrected chi connectivity index (χ0v) is 9.30. The highest BCUT2D eigenvalue weighted by atomic mass is 32.2. The van der Waals surface area contributed by atoms with E-state index in [1.165, 1.54) is 12.1 Å². The molecule has 1 aliphatic rings. The molecule has 2 rings (SSSR count). The lowest BCUT2D eigenvalue weighted by Gasteiger charge is -2.07. The Labute approximate surface area is 92.5 Å². The van der Waals surface area contributed by atoms with Crippen LogP contribution in [0, 0.1) is 0 Å². The Hall–Kier alpha value is -1.69. The van der Waals surface area contributed by atoms with Crippen LogP contribution in [0.3, 0.4) is 0 Å². The van der Waals surface area contributed by atoms with Gasteiger partial charge in [0.05, 0.1) is 11.9 Å². The molecule has 1 N–H and O–H groups in total. The first kappa shape index (κ1) is 10.8. The van der Waals surface area contributed by atoms with Gasteiger partial charge in [0, 0.05) is 12.0 Å². The largest absolute Gasteiger partial charge is 0.290 e. The van der Waals surface area contributed by atoms with Crippen molar-refractivity contribution in [1.29, 1.82) is 0 Å². The van der Waals surface area contributed by atoms with Crippen LogP contribution >= 0.6 is 0 Å². The number of sulfonamides is 1. The number of carbonyl (C=O) groups is 2. The van der Waals surface area contributed by atoms with Gasteiger partial charge in [-0.2, -0.15) is 0 Å². The molecule has 16 heavy (non-hydrogen) atoms. The molecule has 0 aromatic heterocycles. The fourth-order valence-corrected chi connectivity index (χ4v) is 2.27. The summed E-state index contributed by atoms with van der Waals surface area (Å²) in [6.45, 7) is 0. The smallest absolute Gasteiger partial charge is 0.229 e. The lowest BCUT2D eigenvalue weighted by molar-refractivity contribution is -0.114. The predicted molar refractivity (Wildman–Crippen MR) is 58.0 cm³/mol. The van der Waals surface area contributed by atoms with Crippen LogP contribution in [0.25, 0.3) is 0 Å². The highest BCUT2D eigenvalue weighted by Gasteiger charge is 2.30. The molecular weight excluding hydrogens is 230 g/mol. The number of hydrogen-bond donors (Lipinski definition) is 1. The van der Waals surface area contributed by atoms with Crippen LogP contribution in [0.15, 0.2) is 18.2 Å². The van der Waals surface area contributed by atoms with Crippen LogP contribution in [0.5, 0.6) is 0 Å². The number of carbonyl (C=O) groups excluding carboxylic acids is 2. The van der Waals surface area contributed by atoms with Crippen molar-refractivity contribution in [2.75, 3.05) is 11.0 Å². The van der Waals surface area contributed by atoms with Crippen molar-refractivity contribution in [3.63, 3.8) is 0 Å². The molecule has 0 saturated heterocycles. The minimum Gasteiger partial charge on any atom is -0.290 e. The van der Waals surface area contributed by atoms with Crippen LogP contribution in [-0.2, 0) is 21.2 Å². The molecule has 5 nitrogen and oxygen atoms in total. The van der Waals surface area contributed by atoms with Crippen LogP contribution in [0.4, 0.5) is 5.69 Å². The molecule has 0 heterocycles. The van der Waals surface area contributed by atoms with E-state index >= 15 is 0 Å². The molecule has 0 aliphatic heterocycles. The number of nitrogens with one attached hydrogen (secondary N) is 1. The summed E-state index contributed by atoms with van der Waals surface area (Å²) in [4.78, 5) is 22.6. The Balaban J connectivity index is 2.52. The van der Waals surface area contributed by atoms with Crippen molar-refractivity contribution in [1.82, 2.24) is 0 Å². The maximum absolute atomic E-state index is 11.4. The minimum atomic E-state index is -3.41. The SMILES string of the molecule is CS(=O)(=O)Nc1cccc2c1CC(=O)C2=O. The number of ketones is 2. The van der Waals surface area contributed by atoms with Gasteiger partial charge in [-0.05, 0) is 11.6 Å². The number of fused-ring (bicyclic) bond motifs is 1. The molecule has 1 aromatic carbocycles. The quantitative estimate of drug-likeness (QED) is 0.756. The number of rotatable bonds is 2. The van der Waals surface area contributed by atoms with Crippen LogP contribution in [0.2, 0.25) is 0 Å². The lowest BCUT2D eigenvalue weighted by Crippen LogP contribution is -2.11. The fourth-order valence-electron chi connectivity index (χ4n) is 1.68. The molecule has 0 spiro atoms. The standard InChI is InChI=1S/C10H9NO4S/c1-16(14,15)11-8-4-2-3-6-7(8)5-9(12)10(6)13/h2-4,11H,5H2,1H3. The van der Waals surface area contributed by atoms with Crippen LogP contribution in [0.1, 0.15) is 15.9 Å². The Morgan fingerprint density at radius 3 is 2.56 bits per heavy atom. The Bertz CT molecular complexity index is 589. The molecule has 0 unspecified atom stereocenters. The first-order valence-corrected chi connectivity index (χ1v) is 6.45. The third kappa shape index (κ3) is 1.83. The second-order valence-corrected chi connectivity index (χ2v) is 5.38. The normalized spacial score (nSPS) is 15.1. The van der Waals surface area contributed by atoms with Crippen molar-refractivity contribution in [3.05, 3.63) is 29.3 Å². The molecule has 0 bridgehead atoms. The van der Waals surface area contributed by atoms with E-state index < -0.39 is 21.6 Å². The maximum atomic E-state index is 11.4. The summed E-state index contributed by atoms with van der Waals surface area (Å²) in [6.07, 6.45) is 0.984. The summed E-state index contributed by atoms with van der Waals surface area (Å²) in [5.41, 5.74) is 1.06. The summed E-state index contributed by atoms with van der Waals surface area (Å²) < 4.78 is 24.5. The molecule has 1 aromatic rings. The molecule has 0 atom stereocenters. The molecule has 0 radical (unpaired) electrons. The zero-order chi connectivity index (χ0) is 11.9. The predicted octanol–water partition coefficient (Wildman–Crippen LogP) is 0.366. The third-order valence-corrected chi connectivity index (χ3v) is 2.90. The average Bonchev–Trinajstić information content (AvgIpc) is 2.43. The van der Waals surface area contributed by atoms with Crippen LogP contribution < -0.4 is 4.72 Å². The van der Waals surface area contributed by atoms with Gasteiger partial charge >= 0.3 is 0 Å². The number of Topliss-reactive ketones (excluding diaryl/α,β-unsaturated/α-hetero) is 2. The summed E-state index contributed by atoms with van der Waals surface area (Å²) in [7, 11) is -3.41. The first-order chi connectivity index (χ1) is 7.38. The summed E-state index contributed by atoms with van der Waals surface area (Å²) >= 11 is 0. The van der Waals surface area contributed by atoms with Gasteiger partial charge in [0.1, 0.15) is 0 Å². The second kappa shape index (κ2) is 3.41. The fraction of sp³-hybridized carbons (Fsp3) is 0.200. The topological polar surface area (TPSA) is 80.3 Å².